The molecule has 1 aliphatic carbocycles. The summed E-state index contributed by atoms with van der Waals surface area (Å²) in [5, 5.41) is 13.6. The average Bonchev–Trinajstić information content (AvgIpc) is 2.17. The zero-order valence-electron chi connectivity index (χ0n) is 11.0. The summed E-state index contributed by atoms with van der Waals surface area (Å²) in [6.07, 6.45) is 5.47. The monoisotopic (exact) mass is 229 g/mol. The second-order valence-corrected chi connectivity index (χ2v) is 5.58. The lowest BCUT2D eigenvalue weighted by molar-refractivity contribution is -0.0240. The van der Waals surface area contributed by atoms with Crippen LogP contribution < -0.4 is 5.32 Å². The van der Waals surface area contributed by atoms with Gasteiger partial charge in [-0.15, -0.1) is 0 Å². The molecule has 0 radical (unpaired) electrons. The molecule has 1 rings (SSSR count). The van der Waals surface area contributed by atoms with Gasteiger partial charge in [0.05, 0.1) is 11.2 Å². The van der Waals surface area contributed by atoms with Crippen molar-refractivity contribution in [2.45, 2.75) is 64.1 Å². The predicted octanol–water partition coefficient (Wildman–Crippen LogP) is 2.09. The smallest absolute Gasteiger partial charge is 0.0771 e. The van der Waals surface area contributed by atoms with E-state index in [2.05, 4.69) is 19.2 Å². The third-order valence-corrected chi connectivity index (χ3v) is 3.32. The molecule has 96 valence electrons. The summed E-state index contributed by atoms with van der Waals surface area (Å²) in [7, 11) is 0. The molecule has 3 heteroatoms. The van der Waals surface area contributed by atoms with Crippen LogP contribution in [0.4, 0.5) is 0 Å². The molecule has 3 nitrogen and oxygen atoms in total. The number of hydrogen-bond acceptors (Lipinski definition) is 3. The molecule has 1 fully saturated rings. The van der Waals surface area contributed by atoms with E-state index in [0.717, 1.165) is 38.8 Å². The van der Waals surface area contributed by atoms with E-state index >= 15 is 0 Å². The third-order valence-electron chi connectivity index (χ3n) is 3.32. The Kier molecular flexibility index (Phi) is 5.22. The highest BCUT2D eigenvalue weighted by molar-refractivity contribution is 4.85. The fourth-order valence-corrected chi connectivity index (χ4v) is 2.42. The van der Waals surface area contributed by atoms with E-state index in [1.807, 2.05) is 6.92 Å². The fraction of sp³-hybridized carbons (Fsp3) is 1.00. The number of ether oxygens (including phenoxy) is 1. The highest BCUT2D eigenvalue weighted by Gasteiger charge is 2.29. The van der Waals surface area contributed by atoms with E-state index in [-0.39, 0.29) is 5.60 Å². The second-order valence-electron chi connectivity index (χ2n) is 5.58. The van der Waals surface area contributed by atoms with Gasteiger partial charge in [0, 0.05) is 19.7 Å². The van der Waals surface area contributed by atoms with Crippen LogP contribution in [0.5, 0.6) is 0 Å². The van der Waals surface area contributed by atoms with E-state index in [9.17, 15) is 5.11 Å². The molecule has 16 heavy (non-hydrogen) atoms. The lowest BCUT2D eigenvalue weighted by Gasteiger charge is -2.34. The van der Waals surface area contributed by atoms with Gasteiger partial charge in [-0.2, -0.15) is 0 Å². The van der Waals surface area contributed by atoms with Crippen molar-refractivity contribution in [3.05, 3.63) is 0 Å². The van der Waals surface area contributed by atoms with Gasteiger partial charge in [-0.1, -0.05) is 19.3 Å². The van der Waals surface area contributed by atoms with E-state index in [1.54, 1.807) is 0 Å². The molecule has 0 aromatic heterocycles. The Bertz CT molecular complexity index is 198. The minimum Gasteiger partial charge on any atom is -0.389 e. The van der Waals surface area contributed by atoms with Crippen LogP contribution in [0, 0.1) is 0 Å². The van der Waals surface area contributed by atoms with Crippen molar-refractivity contribution in [2.24, 2.45) is 0 Å². The normalized spacial score (nSPS) is 21.0. The molecule has 1 saturated carbocycles. The zero-order chi connectivity index (χ0) is 12.1. The first-order valence-corrected chi connectivity index (χ1v) is 6.54. The molecule has 0 aromatic carbocycles. The average molecular weight is 229 g/mol. The van der Waals surface area contributed by atoms with E-state index in [1.165, 1.54) is 6.42 Å². The maximum absolute atomic E-state index is 10.3. The Morgan fingerprint density at radius 3 is 2.44 bits per heavy atom. The van der Waals surface area contributed by atoms with Crippen LogP contribution in [-0.2, 0) is 4.74 Å². The quantitative estimate of drug-likeness (QED) is 0.733. The van der Waals surface area contributed by atoms with Gasteiger partial charge in [0.25, 0.3) is 0 Å². The van der Waals surface area contributed by atoms with Crippen molar-refractivity contribution in [3.63, 3.8) is 0 Å². The standard InChI is InChI=1S/C13H27NO2/c1-4-16-12(2,3)10-14-11-13(15)8-6-5-7-9-13/h14-15H,4-11H2,1-3H3. The molecule has 0 atom stereocenters. The largest absolute Gasteiger partial charge is 0.389 e. The molecule has 2 N–H and O–H groups in total. The van der Waals surface area contributed by atoms with Gasteiger partial charge in [-0.3, -0.25) is 0 Å². The Labute approximate surface area is 99.6 Å². The Hall–Kier alpha value is -0.120. The van der Waals surface area contributed by atoms with Crippen molar-refractivity contribution < 1.29 is 9.84 Å². The van der Waals surface area contributed by atoms with Crippen LogP contribution in [0.25, 0.3) is 0 Å². The molecule has 0 aromatic rings. The summed E-state index contributed by atoms with van der Waals surface area (Å²) >= 11 is 0. The first kappa shape index (κ1) is 13.9. The van der Waals surface area contributed by atoms with Crippen molar-refractivity contribution in [1.29, 1.82) is 0 Å². The predicted molar refractivity (Wildman–Crippen MR) is 66.6 cm³/mol. The SMILES string of the molecule is CCOC(C)(C)CNCC1(O)CCCCC1. The van der Waals surface area contributed by atoms with E-state index in [0.29, 0.717) is 6.54 Å². The lowest BCUT2D eigenvalue weighted by atomic mass is 9.85. The van der Waals surface area contributed by atoms with Crippen LogP contribution in [0.2, 0.25) is 0 Å². The summed E-state index contributed by atoms with van der Waals surface area (Å²) in [5.41, 5.74) is -0.611. The molecular formula is C13H27NO2. The minimum absolute atomic E-state index is 0.139. The van der Waals surface area contributed by atoms with Gasteiger partial charge in [-0.05, 0) is 33.6 Å². The van der Waals surface area contributed by atoms with Gasteiger partial charge in [0.1, 0.15) is 0 Å². The van der Waals surface area contributed by atoms with Crippen LogP contribution in [-0.4, -0.2) is 36.0 Å². The first-order chi connectivity index (χ1) is 7.47. The fourth-order valence-electron chi connectivity index (χ4n) is 2.42. The maximum Gasteiger partial charge on any atom is 0.0771 e. The lowest BCUT2D eigenvalue weighted by Crippen LogP contribution is -2.47. The number of rotatable bonds is 6. The van der Waals surface area contributed by atoms with E-state index in [4.69, 9.17) is 4.74 Å². The molecule has 1 aliphatic rings. The van der Waals surface area contributed by atoms with Crippen molar-refractivity contribution in [2.75, 3.05) is 19.7 Å². The highest BCUT2D eigenvalue weighted by Crippen LogP contribution is 2.27. The molecular weight excluding hydrogens is 202 g/mol. The molecule has 0 unspecified atom stereocenters. The second kappa shape index (κ2) is 5.99. The molecule has 0 amide bonds. The molecule has 0 aliphatic heterocycles. The van der Waals surface area contributed by atoms with Gasteiger partial charge in [0.2, 0.25) is 0 Å². The van der Waals surface area contributed by atoms with Crippen LogP contribution >= 0.6 is 0 Å². The maximum atomic E-state index is 10.3. The van der Waals surface area contributed by atoms with Gasteiger partial charge in [0.15, 0.2) is 0 Å². The van der Waals surface area contributed by atoms with Crippen molar-refractivity contribution >= 4 is 0 Å². The van der Waals surface area contributed by atoms with Crippen molar-refractivity contribution in [1.82, 2.24) is 5.32 Å². The van der Waals surface area contributed by atoms with Gasteiger partial charge >= 0.3 is 0 Å². The summed E-state index contributed by atoms with van der Waals surface area (Å²) < 4.78 is 5.61. The Morgan fingerprint density at radius 1 is 1.25 bits per heavy atom. The third kappa shape index (κ3) is 4.81. The van der Waals surface area contributed by atoms with Gasteiger partial charge < -0.3 is 15.2 Å². The minimum atomic E-state index is -0.472. The topological polar surface area (TPSA) is 41.5 Å². The van der Waals surface area contributed by atoms with Crippen LogP contribution in [0.3, 0.4) is 0 Å². The summed E-state index contributed by atoms with van der Waals surface area (Å²) in [5.74, 6) is 0. The molecule has 0 saturated heterocycles. The molecule has 0 heterocycles. The number of nitrogens with one attached hydrogen (secondary N) is 1. The van der Waals surface area contributed by atoms with Crippen LogP contribution in [0.15, 0.2) is 0 Å². The number of hydrogen-bond donors (Lipinski definition) is 2. The van der Waals surface area contributed by atoms with Crippen LogP contribution in [0.1, 0.15) is 52.9 Å². The molecule has 0 spiro atoms. The Balaban J connectivity index is 2.23. The molecule has 0 bridgehead atoms. The first-order valence-electron chi connectivity index (χ1n) is 6.54. The summed E-state index contributed by atoms with van der Waals surface area (Å²) in [6, 6.07) is 0. The van der Waals surface area contributed by atoms with E-state index < -0.39 is 5.60 Å². The Morgan fingerprint density at radius 2 is 1.88 bits per heavy atom. The van der Waals surface area contributed by atoms with Gasteiger partial charge in [-0.25, -0.2) is 0 Å². The zero-order valence-corrected chi connectivity index (χ0v) is 11.0. The highest BCUT2D eigenvalue weighted by atomic mass is 16.5. The number of aliphatic hydroxyl groups is 1. The summed E-state index contributed by atoms with van der Waals surface area (Å²) in [6.45, 7) is 8.39. The van der Waals surface area contributed by atoms with Crippen molar-refractivity contribution in [3.8, 4) is 0 Å². The summed E-state index contributed by atoms with van der Waals surface area (Å²) in [4.78, 5) is 0.